The molecule has 4 aromatic rings. The lowest BCUT2D eigenvalue weighted by Gasteiger charge is -2.34. The third kappa shape index (κ3) is 5.96. The third-order valence-electron chi connectivity index (χ3n) is 10.4. The zero-order valence-electron chi connectivity index (χ0n) is 28.0. The number of aromatic amines is 2. The number of rotatable bonds is 8. The van der Waals surface area contributed by atoms with Gasteiger partial charge in [0.1, 0.15) is 4.83 Å². The van der Waals surface area contributed by atoms with Crippen molar-refractivity contribution >= 4 is 39.2 Å². The maximum absolute atomic E-state index is 14.3. The van der Waals surface area contributed by atoms with Gasteiger partial charge in [0.25, 0.3) is 0 Å². The van der Waals surface area contributed by atoms with Gasteiger partial charge in [0.2, 0.25) is 23.3 Å². The fraction of sp³-hybridized carbons (Fsp3) is 0.472. The van der Waals surface area contributed by atoms with Crippen LogP contribution < -0.4 is 5.62 Å². The second-order valence-corrected chi connectivity index (χ2v) is 15.3. The lowest BCUT2D eigenvalue weighted by molar-refractivity contribution is -0.137. The highest BCUT2D eigenvalue weighted by molar-refractivity contribution is 7.19. The van der Waals surface area contributed by atoms with Crippen molar-refractivity contribution in [3.05, 3.63) is 63.2 Å². The van der Waals surface area contributed by atoms with Gasteiger partial charge in [0, 0.05) is 60.3 Å². The Morgan fingerprint density at radius 1 is 0.958 bits per heavy atom. The number of hydrogen-bond acceptors (Lipinski definition) is 8. The summed E-state index contributed by atoms with van der Waals surface area (Å²) in [7, 11) is 0. The summed E-state index contributed by atoms with van der Waals surface area (Å²) in [6, 6.07) is 10.5. The van der Waals surface area contributed by atoms with Gasteiger partial charge in [-0.25, -0.2) is 0 Å². The zero-order chi connectivity index (χ0) is 33.9. The van der Waals surface area contributed by atoms with Crippen LogP contribution in [0.5, 0.6) is 5.88 Å². The SMILES string of the molecule is Cc1cc(C)cc(-c2[nH]c3sc(C(C)(C)C(=O)N4C5CCC4CC5)cc3c2C(=O)CN2CCN(C(=O)Cc3cc(O)nc(=N)[nH]3)CC2)c1. The molecule has 11 nitrogen and oxygen atoms in total. The predicted octanol–water partition coefficient (Wildman–Crippen LogP) is 4.42. The number of aromatic nitrogens is 3. The van der Waals surface area contributed by atoms with E-state index in [4.69, 9.17) is 5.41 Å². The number of hydrogen-bond donors (Lipinski definition) is 4. The largest absolute Gasteiger partial charge is 0.493 e. The molecule has 3 saturated heterocycles. The minimum atomic E-state index is -0.700. The molecule has 3 aliphatic heterocycles. The van der Waals surface area contributed by atoms with E-state index in [2.05, 4.69) is 62.9 Å². The maximum atomic E-state index is 14.3. The molecule has 48 heavy (non-hydrogen) atoms. The van der Waals surface area contributed by atoms with Crippen molar-refractivity contribution in [2.24, 2.45) is 0 Å². The van der Waals surface area contributed by atoms with Gasteiger partial charge in [-0.2, -0.15) is 4.98 Å². The monoisotopic (exact) mass is 669 g/mol. The first kappa shape index (κ1) is 32.3. The number of ketones is 1. The molecule has 252 valence electrons. The van der Waals surface area contributed by atoms with Gasteiger partial charge in [0.05, 0.1) is 29.6 Å². The van der Waals surface area contributed by atoms with Gasteiger partial charge in [0.15, 0.2) is 5.78 Å². The summed E-state index contributed by atoms with van der Waals surface area (Å²) >= 11 is 1.57. The molecule has 2 amide bonds. The Morgan fingerprint density at radius 2 is 1.60 bits per heavy atom. The second kappa shape index (κ2) is 12.3. The van der Waals surface area contributed by atoms with Crippen LogP contribution in [-0.4, -0.2) is 97.2 Å². The first-order valence-electron chi connectivity index (χ1n) is 16.8. The van der Waals surface area contributed by atoms with E-state index in [1.54, 1.807) is 16.2 Å². The predicted molar refractivity (Wildman–Crippen MR) is 184 cm³/mol. The van der Waals surface area contributed by atoms with Crippen LogP contribution in [0.25, 0.3) is 21.5 Å². The first-order chi connectivity index (χ1) is 22.9. The number of aryl methyl sites for hydroxylation is 2. The number of nitrogens with zero attached hydrogens (tertiary/aromatic N) is 4. The molecule has 6 heterocycles. The molecule has 1 aromatic carbocycles. The molecule has 3 fully saturated rings. The van der Waals surface area contributed by atoms with Gasteiger partial charge in [-0.05, 0) is 77.1 Å². The van der Waals surface area contributed by atoms with Crippen molar-refractivity contribution in [1.82, 2.24) is 29.7 Å². The van der Waals surface area contributed by atoms with E-state index in [9.17, 15) is 19.5 Å². The number of benzene rings is 1. The normalized spacial score (nSPS) is 19.8. The summed E-state index contributed by atoms with van der Waals surface area (Å²) in [4.78, 5) is 59.0. The van der Waals surface area contributed by atoms with Crippen molar-refractivity contribution in [3.8, 4) is 17.1 Å². The van der Waals surface area contributed by atoms with Crippen LogP contribution in [0.2, 0.25) is 0 Å². The third-order valence-corrected chi connectivity index (χ3v) is 11.7. The van der Waals surface area contributed by atoms with Crippen LogP contribution in [0.3, 0.4) is 0 Å². The average molecular weight is 670 g/mol. The Morgan fingerprint density at radius 3 is 2.23 bits per heavy atom. The molecule has 0 saturated carbocycles. The highest BCUT2D eigenvalue weighted by atomic mass is 32.1. The van der Waals surface area contributed by atoms with Gasteiger partial charge in [-0.15, -0.1) is 11.3 Å². The molecule has 7 rings (SSSR count). The average Bonchev–Trinajstić information content (AvgIpc) is 3.80. The number of nitrogens with one attached hydrogen (secondary N) is 3. The van der Waals surface area contributed by atoms with Crippen LogP contribution >= 0.6 is 11.3 Å². The summed E-state index contributed by atoms with van der Waals surface area (Å²) in [5, 5.41) is 18.2. The topological polar surface area (TPSA) is 149 Å². The highest BCUT2D eigenvalue weighted by Crippen LogP contribution is 2.44. The van der Waals surface area contributed by atoms with Crippen LogP contribution in [0.15, 0.2) is 30.3 Å². The number of carbonyl (C=O) groups excluding carboxylic acids is 3. The van der Waals surface area contributed by atoms with E-state index in [-0.39, 0.29) is 42.1 Å². The number of carbonyl (C=O) groups is 3. The van der Waals surface area contributed by atoms with E-state index < -0.39 is 5.41 Å². The fourth-order valence-corrected chi connectivity index (χ4v) is 9.08. The van der Waals surface area contributed by atoms with E-state index in [1.807, 2.05) is 13.8 Å². The Balaban J connectivity index is 1.13. The van der Waals surface area contributed by atoms with Crippen molar-refractivity contribution in [3.63, 3.8) is 0 Å². The molecule has 3 aromatic heterocycles. The Kier molecular flexibility index (Phi) is 8.27. The van der Waals surface area contributed by atoms with Crippen LogP contribution in [0.4, 0.5) is 0 Å². The molecule has 0 aliphatic carbocycles. The van der Waals surface area contributed by atoms with E-state index in [0.29, 0.717) is 49.5 Å². The van der Waals surface area contributed by atoms with E-state index >= 15 is 0 Å². The summed E-state index contributed by atoms with van der Waals surface area (Å²) in [5.41, 5.74) is 4.19. The molecule has 3 aliphatic rings. The van der Waals surface area contributed by atoms with Crippen molar-refractivity contribution in [2.75, 3.05) is 32.7 Å². The molecule has 0 atom stereocenters. The molecule has 12 heteroatoms. The van der Waals surface area contributed by atoms with E-state index in [0.717, 1.165) is 63.2 Å². The number of amides is 2. The second-order valence-electron chi connectivity index (χ2n) is 14.3. The summed E-state index contributed by atoms with van der Waals surface area (Å²) in [5.74, 6) is -0.219. The number of H-pyrrole nitrogens is 2. The molecule has 0 radical (unpaired) electrons. The smallest absolute Gasteiger partial charge is 0.233 e. The maximum Gasteiger partial charge on any atom is 0.233 e. The van der Waals surface area contributed by atoms with E-state index in [1.165, 1.54) is 6.07 Å². The number of fused-ring (bicyclic) bond motifs is 3. The summed E-state index contributed by atoms with van der Waals surface area (Å²) in [6.07, 6.45) is 4.41. The first-order valence-corrected chi connectivity index (χ1v) is 17.6. The standard InChI is InChI=1S/C36H43N7O4S/c1-20-13-21(2)15-22(14-20)32-31(26-18-28(48-33(26)40-32)36(3,4)34(47)43-24-5-6-25(43)8-7-24)27(44)19-41-9-11-42(12-10-41)30(46)17-23-16-29(45)39-35(37)38-23/h13-16,18,24-25,40H,5-12,17,19H2,1-4H3,(H3,37,38,39,45). The Labute approximate surface area is 283 Å². The van der Waals surface area contributed by atoms with Gasteiger partial charge in [-0.3, -0.25) is 24.7 Å². The summed E-state index contributed by atoms with van der Waals surface area (Å²) in [6.45, 7) is 10.4. The van der Waals surface area contributed by atoms with Crippen molar-refractivity contribution < 1.29 is 19.5 Å². The fourth-order valence-electron chi connectivity index (χ4n) is 7.91. The summed E-state index contributed by atoms with van der Waals surface area (Å²) < 4.78 is 0. The molecule has 2 bridgehead atoms. The lowest BCUT2D eigenvalue weighted by atomic mass is 9.88. The van der Waals surface area contributed by atoms with Crippen molar-refractivity contribution in [1.29, 1.82) is 5.41 Å². The Hall–Kier alpha value is -4.29. The van der Waals surface area contributed by atoms with Crippen LogP contribution in [0, 0.1) is 19.3 Å². The Bertz CT molecular complexity index is 1940. The lowest BCUT2D eigenvalue weighted by Crippen LogP contribution is -2.50. The number of aromatic hydroxyl groups is 1. The van der Waals surface area contributed by atoms with Gasteiger partial charge < -0.3 is 24.9 Å². The van der Waals surface area contributed by atoms with Crippen LogP contribution in [0.1, 0.15) is 71.6 Å². The molecular formula is C36H43N7O4S. The number of Topliss-reactive ketones (excluding diaryl/α,β-unsaturated/α-hetero) is 1. The molecular weight excluding hydrogens is 627 g/mol. The quantitative estimate of drug-likeness (QED) is 0.204. The minimum Gasteiger partial charge on any atom is -0.493 e. The minimum absolute atomic E-state index is 0.00564. The molecule has 4 N–H and O–H groups in total. The zero-order valence-corrected chi connectivity index (χ0v) is 28.8. The molecule has 0 spiro atoms. The highest BCUT2D eigenvalue weighted by Gasteiger charge is 2.47. The van der Waals surface area contributed by atoms with Gasteiger partial charge >= 0.3 is 0 Å². The molecule has 0 unspecified atom stereocenters. The number of thiophene rings is 1. The van der Waals surface area contributed by atoms with Crippen LogP contribution in [-0.2, 0) is 21.4 Å². The number of piperazine rings is 1. The van der Waals surface area contributed by atoms with Crippen molar-refractivity contribution in [2.45, 2.75) is 77.3 Å². The van der Waals surface area contributed by atoms with Gasteiger partial charge in [-0.1, -0.05) is 17.2 Å².